The summed E-state index contributed by atoms with van der Waals surface area (Å²) in [7, 11) is 0. The average Bonchev–Trinajstić information content (AvgIpc) is 3.52. The van der Waals surface area contributed by atoms with E-state index in [0.717, 1.165) is 68.9 Å². The minimum atomic E-state index is -0.289. The van der Waals surface area contributed by atoms with Crippen molar-refractivity contribution in [2.45, 2.75) is 31.1 Å². The van der Waals surface area contributed by atoms with E-state index in [9.17, 15) is 4.79 Å². The number of nitrogens with zero attached hydrogens (tertiary/aromatic N) is 5. The van der Waals surface area contributed by atoms with Crippen LogP contribution in [0.3, 0.4) is 0 Å². The molecule has 1 amide bonds. The average molecular weight is 420 g/mol. The minimum absolute atomic E-state index is 0.289. The zero-order chi connectivity index (χ0) is 20.4. The highest BCUT2D eigenvalue weighted by Crippen LogP contribution is 2.44. The number of aromatic nitrogens is 3. The lowest BCUT2D eigenvalue weighted by atomic mass is 9.82. The third-order valence-electron chi connectivity index (χ3n) is 6.38. The molecule has 3 aromatic rings. The Balaban J connectivity index is 1.26. The maximum absolute atomic E-state index is 13.5. The van der Waals surface area contributed by atoms with Gasteiger partial charge >= 0.3 is 0 Å². The Morgan fingerprint density at radius 1 is 0.933 bits per heavy atom. The number of piperazine rings is 1. The number of rotatable bonds is 4. The fourth-order valence-electron chi connectivity index (χ4n) is 4.71. The number of carbonyl (C=O) groups excluding carboxylic acids is 1. The summed E-state index contributed by atoms with van der Waals surface area (Å²) in [6.07, 6.45) is 7.76. The third-order valence-corrected chi connectivity index (χ3v) is 7.45. The van der Waals surface area contributed by atoms with Gasteiger partial charge < -0.3 is 9.80 Å². The van der Waals surface area contributed by atoms with E-state index in [2.05, 4.69) is 42.5 Å². The molecule has 1 saturated carbocycles. The van der Waals surface area contributed by atoms with Crippen LogP contribution < -0.4 is 4.90 Å². The summed E-state index contributed by atoms with van der Waals surface area (Å²) in [6, 6.07) is 12.1. The number of amides is 1. The highest BCUT2D eigenvalue weighted by Gasteiger charge is 2.46. The van der Waals surface area contributed by atoms with E-state index in [0.29, 0.717) is 5.91 Å². The highest BCUT2D eigenvalue weighted by atomic mass is 32.1. The summed E-state index contributed by atoms with van der Waals surface area (Å²) in [5.41, 5.74) is 1.56. The van der Waals surface area contributed by atoms with Gasteiger partial charge in [0.1, 0.15) is 0 Å². The van der Waals surface area contributed by atoms with Crippen LogP contribution in [0.5, 0.6) is 0 Å². The molecule has 2 aliphatic rings. The molecule has 0 spiro atoms. The summed E-state index contributed by atoms with van der Waals surface area (Å²) in [6.45, 7) is 3.05. The number of pyridine rings is 1. The van der Waals surface area contributed by atoms with Crippen molar-refractivity contribution in [2.75, 3.05) is 31.1 Å². The van der Waals surface area contributed by atoms with E-state index in [1.54, 1.807) is 23.7 Å². The summed E-state index contributed by atoms with van der Waals surface area (Å²) in [4.78, 5) is 23.1. The largest absolute Gasteiger partial charge is 0.352 e. The van der Waals surface area contributed by atoms with Crippen molar-refractivity contribution in [1.29, 1.82) is 0 Å². The van der Waals surface area contributed by atoms with Crippen molar-refractivity contribution in [1.82, 2.24) is 20.1 Å². The molecular formula is C23H25N5OS. The molecule has 4 heterocycles. The van der Waals surface area contributed by atoms with E-state index in [1.807, 2.05) is 24.3 Å². The molecule has 6 nitrogen and oxygen atoms in total. The van der Waals surface area contributed by atoms with Gasteiger partial charge in [-0.3, -0.25) is 9.78 Å². The van der Waals surface area contributed by atoms with E-state index < -0.39 is 0 Å². The van der Waals surface area contributed by atoms with Gasteiger partial charge in [0.15, 0.2) is 5.82 Å². The van der Waals surface area contributed by atoms with Gasteiger partial charge in [-0.25, -0.2) is 0 Å². The van der Waals surface area contributed by atoms with E-state index >= 15 is 0 Å². The molecule has 0 bridgehead atoms. The molecule has 0 unspecified atom stereocenters. The van der Waals surface area contributed by atoms with Crippen molar-refractivity contribution in [3.8, 4) is 11.3 Å². The quantitative estimate of drug-likeness (QED) is 0.644. The van der Waals surface area contributed by atoms with Gasteiger partial charge in [0.25, 0.3) is 0 Å². The van der Waals surface area contributed by atoms with Gasteiger partial charge in [-0.05, 0) is 48.6 Å². The van der Waals surface area contributed by atoms with E-state index in [-0.39, 0.29) is 5.41 Å². The topological polar surface area (TPSA) is 62.2 Å². The van der Waals surface area contributed by atoms with Crippen molar-refractivity contribution < 1.29 is 4.79 Å². The van der Waals surface area contributed by atoms with Crippen LogP contribution >= 0.6 is 11.3 Å². The third kappa shape index (κ3) is 3.47. The number of anilines is 1. The number of hydrogen-bond acceptors (Lipinski definition) is 6. The van der Waals surface area contributed by atoms with Gasteiger partial charge in [0.05, 0.1) is 11.1 Å². The first-order chi connectivity index (χ1) is 14.8. The molecule has 1 aliphatic heterocycles. The van der Waals surface area contributed by atoms with Gasteiger partial charge in [-0.2, -0.15) is 0 Å². The summed E-state index contributed by atoms with van der Waals surface area (Å²) in [5.74, 6) is 1.19. The zero-order valence-electron chi connectivity index (χ0n) is 16.9. The van der Waals surface area contributed by atoms with Crippen molar-refractivity contribution in [3.05, 3.63) is 59.0 Å². The van der Waals surface area contributed by atoms with Crippen LogP contribution in [0.4, 0.5) is 5.82 Å². The lowest BCUT2D eigenvalue weighted by molar-refractivity contribution is -0.137. The first-order valence-electron chi connectivity index (χ1n) is 10.6. The maximum Gasteiger partial charge on any atom is 0.234 e. The van der Waals surface area contributed by atoms with Gasteiger partial charge in [0, 0.05) is 49.0 Å². The fourth-order valence-corrected chi connectivity index (χ4v) is 5.68. The molecule has 30 heavy (non-hydrogen) atoms. The first kappa shape index (κ1) is 19.2. The SMILES string of the molecule is O=C(N1CCN(c2ccc(-c3ccncc3)nn2)CC1)C1(c2cccs2)CCCC1. The Labute approximate surface area is 180 Å². The Hall–Kier alpha value is -2.80. The van der Waals surface area contributed by atoms with Crippen molar-refractivity contribution in [2.24, 2.45) is 0 Å². The predicted octanol–water partition coefficient (Wildman–Crippen LogP) is 3.76. The molecule has 1 aliphatic carbocycles. The second-order valence-electron chi connectivity index (χ2n) is 8.06. The summed E-state index contributed by atoms with van der Waals surface area (Å²) < 4.78 is 0. The molecule has 1 saturated heterocycles. The van der Waals surface area contributed by atoms with Crippen LogP contribution in [0.1, 0.15) is 30.6 Å². The van der Waals surface area contributed by atoms with Crippen LogP contribution in [0.2, 0.25) is 0 Å². The second-order valence-corrected chi connectivity index (χ2v) is 9.01. The second kappa shape index (κ2) is 8.14. The molecule has 7 heteroatoms. The molecular weight excluding hydrogens is 394 g/mol. The smallest absolute Gasteiger partial charge is 0.234 e. The standard InChI is InChI=1S/C23H25N5OS/c29-22(23(9-1-2-10-23)20-4-3-17-30-20)28-15-13-27(14-16-28)21-6-5-19(25-26-21)18-7-11-24-12-8-18/h3-8,11-12,17H,1-2,9-10,13-16H2. The first-order valence-corrected chi connectivity index (χ1v) is 11.5. The Bertz CT molecular complexity index is 976. The Kier molecular flexibility index (Phi) is 5.21. The van der Waals surface area contributed by atoms with Crippen LogP contribution in [-0.2, 0) is 10.2 Å². The van der Waals surface area contributed by atoms with Crippen LogP contribution in [-0.4, -0.2) is 52.2 Å². The van der Waals surface area contributed by atoms with Crippen LogP contribution in [0.15, 0.2) is 54.2 Å². The van der Waals surface area contributed by atoms with Crippen LogP contribution in [0, 0.1) is 0 Å². The number of thiophene rings is 1. The summed E-state index contributed by atoms with van der Waals surface area (Å²) in [5, 5.41) is 10.9. The normalized spacial score (nSPS) is 18.5. The molecule has 154 valence electrons. The molecule has 2 fully saturated rings. The van der Waals surface area contributed by atoms with Gasteiger partial charge in [0.2, 0.25) is 5.91 Å². The molecule has 5 rings (SSSR count). The minimum Gasteiger partial charge on any atom is -0.352 e. The molecule has 0 atom stereocenters. The summed E-state index contributed by atoms with van der Waals surface area (Å²) >= 11 is 1.73. The van der Waals surface area contributed by atoms with Gasteiger partial charge in [-0.1, -0.05) is 18.9 Å². The van der Waals surface area contributed by atoms with Crippen molar-refractivity contribution >= 4 is 23.1 Å². The Morgan fingerprint density at radius 2 is 1.70 bits per heavy atom. The monoisotopic (exact) mass is 419 g/mol. The number of carbonyl (C=O) groups is 1. The molecule has 3 aromatic heterocycles. The maximum atomic E-state index is 13.5. The van der Waals surface area contributed by atoms with Crippen molar-refractivity contribution in [3.63, 3.8) is 0 Å². The van der Waals surface area contributed by atoms with E-state index in [1.165, 1.54) is 4.88 Å². The highest BCUT2D eigenvalue weighted by molar-refractivity contribution is 7.10. The van der Waals surface area contributed by atoms with E-state index in [4.69, 9.17) is 0 Å². The Morgan fingerprint density at radius 3 is 2.33 bits per heavy atom. The zero-order valence-corrected chi connectivity index (χ0v) is 17.7. The van der Waals surface area contributed by atoms with Crippen LogP contribution in [0.25, 0.3) is 11.3 Å². The number of hydrogen-bond donors (Lipinski definition) is 0. The molecule has 0 radical (unpaired) electrons. The molecule has 0 aromatic carbocycles. The fraction of sp³-hybridized carbons (Fsp3) is 0.391. The van der Waals surface area contributed by atoms with Gasteiger partial charge in [-0.15, -0.1) is 21.5 Å². The predicted molar refractivity (Wildman–Crippen MR) is 119 cm³/mol. The lowest BCUT2D eigenvalue weighted by Crippen LogP contribution is -2.54. The lowest BCUT2D eigenvalue weighted by Gasteiger charge is -2.39. The molecule has 0 N–H and O–H groups in total.